The Labute approximate surface area is 248 Å². The van der Waals surface area contributed by atoms with Gasteiger partial charge in [-0.05, 0) is 65.8 Å². The predicted molar refractivity (Wildman–Crippen MR) is 167 cm³/mol. The van der Waals surface area contributed by atoms with Gasteiger partial charge in [0.25, 0.3) is 15.9 Å². The van der Waals surface area contributed by atoms with E-state index in [1.807, 2.05) is 17.0 Å². The molecule has 1 aliphatic carbocycles. The second-order valence-electron chi connectivity index (χ2n) is 11.7. The fraction of sp³-hybridized carbons (Fsp3) is 0.353. The molecule has 2 heterocycles. The SMILES string of the molecule is CC(CC1CCC1)c1ccccc1CN1CCN(C(=O)c2ccc(NS(=O)(=O)c3cccc4cccnc34)cc2)CC1. The summed E-state index contributed by atoms with van der Waals surface area (Å²) in [6, 6.07) is 24.2. The summed E-state index contributed by atoms with van der Waals surface area (Å²) in [4.78, 5) is 22.0. The molecule has 2 aliphatic rings. The van der Waals surface area contributed by atoms with Gasteiger partial charge in [-0.2, -0.15) is 0 Å². The molecule has 2 fully saturated rings. The Kier molecular flexibility index (Phi) is 8.27. The minimum atomic E-state index is -3.85. The topological polar surface area (TPSA) is 82.6 Å². The molecule has 1 saturated heterocycles. The fourth-order valence-electron chi connectivity index (χ4n) is 6.23. The molecular formula is C34H38N4O3S. The third-order valence-electron chi connectivity index (χ3n) is 8.82. The van der Waals surface area contributed by atoms with Crippen molar-refractivity contribution in [3.05, 3.63) is 102 Å². The molecule has 1 N–H and O–H groups in total. The van der Waals surface area contributed by atoms with Crippen molar-refractivity contribution in [2.45, 2.75) is 50.0 Å². The van der Waals surface area contributed by atoms with Gasteiger partial charge < -0.3 is 4.90 Å². The minimum Gasteiger partial charge on any atom is -0.336 e. The normalized spacial score (nSPS) is 17.1. The highest BCUT2D eigenvalue weighted by atomic mass is 32.2. The van der Waals surface area contributed by atoms with Crippen LogP contribution in [0.15, 0.2) is 90.0 Å². The van der Waals surface area contributed by atoms with Gasteiger partial charge in [-0.3, -0.25) is 19.4 Å². The van der Waals surface area contributed by atoms with Crippen LogP contribution in [-0.4, -0.2) is 55.3 Å². The average Bonchev–Trinajstić information content (AvgIpc) is 2.99. The van der Waals surface area contributed by atoms with E-state index in [0.29, 0.717) is 35.8 Å². The highest BCUT2D eigenvalue weighted by Crippen LogP contribution is 2.36. The molecule has 42 heavy (non-hydrogen) atoms. The molecule has 8 heteroatoms. The second-order valence-corrected chi connectivity index (χ2v) is 13.4. The van der Waals surface area contributed by atoms with Crippen molar-refractivity contribution in [3.8, 4) is 0 Å². The van der Waals surface area contributed by atoms with Crippen LogP contribution in [-0.2, 0) is 16.6 Å². The molecule has 6 rings (SSSR count). The van der Waals surface area contributed by atoms with E-state index in [4.69, 9.17) is 0 Å². The van der Waals surface area contributed by atoms with Gasteiger partial charge in [-0.1, -0.05) is 68.7 Å². The molecule has 1 aliphatic heterocycles. The Morgan fingerprint density at radius 3 is 2.40 bits per heavy atom. The first kappa shape index (κ1) is 28.4. The lowest BCUT2D eigenvalue weighted by Crippen LogP contribution is -2.48. The summed E-state index contributed by atoms with van der Waals surface area (Å²) < 4.78 is 28.9. The Morgan fingerprint density at radius 1 is 0.929 bits per heavy atom. The number of pyridine rings is 1. The molecule has 0 spiro atoms. The number of anilines is 1. The van der Waals surface area contributed by atoms with Gasteiger partial charge >= 0.3 is 0 Å². The van der Waals surface area contributed by atoms with E-state index in [1.165, 1.54) is 36.8 Å². The smallest absolute Gasteiger partial charge is 0.264 e. The van der Waals surface area contributed by atoms with Gasteiger partial charge in [0.05, 0.1) is 5.52 Å². The van der Waals surface area contributed by atoms with Crippen molar-refractivity contribution in [2.24, 2.45) is 5.92 Å². The van der Waals surface area contributed by atoms with Gasteiger partial charge in [0.15, 0.2) is 0 Å². The monoisotopic (exact) mass is 582 g/mol. The molecule has 218 valence electrons. The van der Waals surface area contributed by atoms with Gasteiger partial charge in [0, 0.05) is 55.6 Å². The summed E-state index contributed by atoms with van der Waals surface area (Å²) in [5, 5.41) is 0.754. The molecule has 1 saturated carbocycles. The molecule has 0 radical (unpaired) electrons. The summed E-state index contributed by atoms with van der Waals surface area (Å²) in [5.74, 6) is 1.43. The largest absolute Gasteiger partial charge is 0.336 e. The molecule has 1 atom stereocenters. The summed E-state index contributed by atoms with van der Waals surface area (Å²) in [7, 11) is -3.85. The number of sulfonamides is 1. The Hall–Kier alpha value is -3.75. The number of carbonyl (C=O) groups is 1. The number of nitrogens with zero attached hydrogens (tertiary/aromatic N) is 3. The molecule has 3 aromatic carbocycles. The summed E-state index contributed by atoms with van der Waals surface area (Å²) in [5.41, 5.74) is 4.24. The summed E-state index contributed by atoms with van der Waals surface area (Å²) >= 11 is 0. The number of hydrogen-bond donors (Lipinski definition) is 1. The van der Waals surface area contributed by atoms with Crippen LogP contribution in [0.25, 0.3) is 10.9 Å². The van der Waals surface area contributed by atoms with Crippen molar-refractivity contribution in [1.29, 1.82) is 0 Å². The van der Waals surface area contributed by atoms with E-state index < -0.39 is 10.0 Å². The van der Waals surface area contributed by atoms with Crippen LogP contribution < -0.4 is 4.72 Å². The number of carbonyl (C=O) groups excluding carboxylic acids is 1. The van der Waals surface area contributed by atoms with E-state index in [1.54, 1.807) is 48.7 Å². The first-order chi connectivity index (χ1) is 20.4. The highest BCUT2D eigenvalue weighted by molar-refractivity contribution is 7.93. The maximum Gasteiger partial charge on any atom is 0.264 e. The number of aromatic nitrogens is 1. The number of piperazine rings is 1. The van der Waals surface area contributed by atoms with Gasteiger partial charge in [0.1, 0.15) is 4.90 Å². The van der Waals surface area contributed by atoms with Crippen molar-refractivity contribution in [3.63, 3.8) is 0 Å². The van der Waals surface area contributed by atoms with Crippen LogP contribution in [0.3, 0.4) is 0 Å². The van der Waals surface area contributed by atoms with Crippen LogP contribution in [0.5, 0.6) is 0 Å². The zero-order valence-corrected chi connectivity index (χ0v) is 24.9. The number of amides is 1. The summed E-state index contributed by atoms with van der Waals surface area (Å²) in [6.07, 6.45) is 7.00. The fourth-order valence-corrected chi connectivity index (χ4v) is 7.47. The van der Waals surface area contributed by atoms with Crippen molar-refractivity contribution >= 4 is 32.5 Å². The van der Waals surface area contributed by atoms with Gasteiger partial charge in [0.2, 0.25) is 0 Å². The van der Waals surface area contributed by atoms with Gasteiger partial charge in [-0.25, -0.2) is 8.42 Å². The molecule has 0 bridgehead atoms. The predicted octanol–water partition coefficient (Wildman–Crippen LogP) is 6.29. The molecule has 4 aromatic rings. The minimum absolute atomic E-state index is 0.0307. The van der Waals surface area contributed by atoms with E-state index in [9.17, 15) is 13.2 Å². The lowest BCUT2D eigenvalue weighted by atomic mass is 9.77. The van der Waals surface area contributed by atoms with E-state index >= 15 is 0 Å². The number of nitrogens with one attached hydrogen (secondary N) is 1. The third-order valence-corrected chi connectivity index (χ3v) is 10.2. The van der Waals surface area contributed by atoms with Crippen molar-refractivity contribution in [2.75, 3.05) is 30.9 Å². The van der Waals surface area contributed by atoms with Crippen LogP contribution >= 0.6 is 0 Å². The molecule has 1 aromatic heterocycles. The number of benzene rings is 3. The Bertz CT molecular complexity index is 1650. The average molecular weight is 583 g/mol. The summed E-state index contributed by atoms with van der Waals surface area (Å²) in [6.45, 7) is 6.27. The van der Waals surface area contributed by atoms with Crippen LogP contribution in [0.2, 0.25) is 0 Å². The second kappa shape index (κ2) is 12.2. The van der Waals surface area contributed by atoms with Crippen LogP contribution in [0.4, 0.5) is 5.69 Å². The first-order valence-electron chi connectivity index (χ1n) is 14.9. The number of fused-ring (bicyclic) bond motifs is 1. The van der Waals surface area contributed by atoms with Gasteiger partial charge in [-0.15, -0.1) is 0 Å². The Balaban J connectivity index is 1.05. The maximum absolute atomic E-state index is 13.3. The van der Waals surface area contributed by atoms with Crippen LogP contribution in [0.1, 0.15) is 60.0 Å². The zero-order chi connectivity index (χ0) is 29.1. The lowest BCUT2D eigenvalue weighted by molar-refractivity contribution is 0.0628. The molecule has 7 nitrogen and oxygen atoms in total. The molecule has 1 unspecified atom stereocenters. The standard InChI is InChI=1S/C34H38N4O3S/c1-25(23-26-7-4-8-26)31-12-3-2-9-29(31)24-37-19-21-38(22-20-37)34(39)28-14-16-30(17-15-28)36-42(40,41)32-13-5-10-27-11-6-18-35-33(27)32/h2-3,5-6,9-18,25-26,36H,4,7-8,19-24H2,1H3. The third kappa shape index (κ3) is 6.20. The quantitative estimate of drug-likeness (QED) is 0.251. The van der Waals surface area contributed by atoms with E-state index in [2.05, 4.69) is 45.8 Å². The molecular weight excluding hydrogens is 544 g/mol. The number of rotatable bonds is 9. The highest BCUT2D eigenvalue weighted by Gasteiger charge is 2.25. The molecule has 1 amide bonds. The van der Waals surface area contributed by atoms with Crippen molar-refractivity contribution in [1.82, 2.24) is 14.8 Å². The van der Waals surface area contributed by atoms with Crippen LogP contribution in [0, 0.1) is 5.92 Å². The lowest BCUT2D eigenvalue weighted by Gasteiger charge is -2.35. The Morgan fingerprint density at radius 2 is 1.67 bits per heavy atom. The number of para-hydroxylation sites is 1. The maximum atomic E-state index is 13.3. The van der Waals surface area contributed by atoms with Crippen molar-refractivity contribution < 1.29 is 13.2 Å². The van der Waals surface area contributed by atoms with E-state index in [0.717, 1.165) is 30.9 Å². The van der Waals surface area contributed by atoms with E-state index in [-0.39, 0.29) is 10.8 Å². The zero-order valence-electron chi connectivity index (χ0n) is 24.1. The number of hydrogen-bond acceptors (Lipinski definition) is 5. The first-order valence-corrected chi connectivity index (χ1v) is 16.4.